The van der Waals surface area contributed by atoms with Gasteiger partial charge in [-0.25, -0.2) is 0 Å². The van der Waals surface area contributed by atoms with E-state index in [4.69, 9.17) is 4.74 Å². The summed E-state index contributed by atoms with van der Waals surface area (Å²) in [5.74, 6) is 0.432. The summed E-state index contributed by atoms with van der Waals surface area (Å²) in [6.45, 7) is 2.11. The minimum atomic E-state index is -0.945. The second-order valence-electron chi connectivity index (χ2n) is 6.84. The van der Waals surface area contributed by atoms with E-state index in [0.717, 1.165) is 37.9 Å². The molecule has 0 amide bonds. The van der Waals surface area contributed by atoms with Gasteiger partial charge >= 0.3 is 0 Å². The Morgan fingerprint density at radius 1 is 1.18 bits per heavy atom. The van der Waals surface area contributed by atoms with Crippen molar-refractivity contribution in [1.82, 2.24) is 0 Å². The van der Waals surface area contributed by atoms with Gasteiger partial charge in [-0.1, -0.05) is 48.0 Å². The molecule has 2 unspecified atom stereocenters. The van der Waals surface area contributed by atoms with Gasteiger partial charge in [0.1, 0.15) is 5.75 Å². The van der Waals surface area contributed by atoms with Gasteiger partial charge in [-0.15, -0.1) is 0 Å². The fourth-order valence-electron chi connectivity index (χ4n) is 3.88. The van der Waals surface area contributed by atoms with Crippen LogP contribution in [0.2, 0.25) is 0 Å². The second kappa shape index (κ2) is 5.13. The third-order valence-electron chi connectivity index (χ3n) is 5.06. The Morgan fingerprint density at radius 2 is 2.00 bits per heavy atom. The molecule has 1 fully saturated rings. The van der Waals surface area contributed by atoms with E-state index in [0.29, 0.717) is 5.92 Å². The van der Waals surface area contributed by atoms with E-state index in [1.54, 1.807) is 0 Å². The number of para-hydroxylation sites is 1. The lowest BCUT2D eigenvalue weighted by atomic mass is 9.77. The molecule has 0 saturated heterocycles. The van der Waals surface area contributed by atoms with Crippen molar-refractivity contribution in [2.24, 2.45) is 0 Å². The number of benzene rings is 2. The number of aryl methyl sites for hydroxylation is 1. The fraction of sp³-hybridized carbons (Fsp3) is 0.400. The highest BCUT2D eigenvalue weighted by Gasteiger charge is 2.42. The maximum Gasteiger partial charge on any atom is 0.208 e. The van der Waals surface area contributed by atoms with Crippen LogP contribution in [0.25, 0.3) is 0 Å². The van der Waals surface area contributed by atoms with Crippen LogP contribution in [0.4, 0.5) is 0 Å². The molecule has 1 aliphatic heterocycles. The van der Waals surface area contributed by atoms with Crippen molar-refractivity contribution in [1.29, 1.82) is 0 Å². The summed E-state index contributed by atoms with van der Waals surface area (Å²) in [5.41, 5.74) is 5.03. The predicted octanol–water partition coefficient (Wildman–Crippen LogP) is 4.32. The molecule has 2 atom stereocenters. The summed E-state index contributed by atoms with van der Waals surface area (Å²) < 4.78 is 6.07. The Kier molecular flexibility index (Phi) is 3.23. The van der Waals surface area contributed by atoms with Crippen LogP contribution in [0.15, 0.2) is 42.5 Å². The molecule has 1 N–H and O–H groups in total. The first-order valence-corrected chi connectivity index (χ1v) is 8.22. The van der Waals surface area contributed by atoms with E-state index < -0.39 is 5.79 Å². The Balaban J connectivity index is 1.71. The molecule has 0 spiro atoms. The molecule has 4 rings (SSSR count). The van der Waals surface area contributed by atoms with Gasteiger partial charge in [0, 0.05) is 19.3 Å². The average Bonchev–Trinajstić information content (AvgIpc) is 2.50. The Hall–Kier alpha value is -1.80. The standard InChI is InChI=1S/C20H22O2/c1-14-7-9-15(10-8-14)12-16-4-2-6-18-17-5-3-11-20(21,13-17)22-19(16)18/h2,4,6-10,17,21H,3,5,11-13H2,1H3. The number of hydrogen-bond donors (Lipinski definition) is 1. The number of fused-ring (bicyclic) bond motifs is 4. The van der Waals surface area contributed by atoms with Crippen molar-refractivity contribution in [2.75, 3.05) is 0 Å². The highest BCUT2D eigenvalue weighted by atomic mass is 16.6. The van der Waals surface area contributed by atoms with Crippen molar-refractivity contribution < 1.29 is 9.84 Å². The first-order valence-electron chi connectivity index (χ1n) is 8.22. The molecule has 2 heteroatoms. The highest BCUT2D eigenvalue weighted by molar-refractivity contribution is 5.48. The molecule has 22 heavy (non-hydrogen) atoms. The number of ether oxygens (including phenoxy) is 1. The SMILES string of the molecule is Cc1ccc(Cc2cccc3c2OC2(O)CCCC3C2)cc1. The zero-order valence-corrected chi connectivity index (χ0v) is 13.0. The third kappa shape index (κ3) is 2.42. The van der Waals surface area contributed by atoms with E-state index in [1.807, 2.05) is 0 Å². The molecule has 2 aliphatic rings. The molecular weight excluding hydrogens is 272 g/mol. The van der Waals surface area contributed by atoms with Crippen LogP contribution in [-0.4, -0.2) is 10.9 Å². The third-order valence-corrected chi connectivity index (χ3v) is 5.06. The molecule has 2 nitrogen and oxygen atoms in total. The minimum Gasteiger partial charge on any atom is -0.462 e. The van der Waals surface area contributed by atoms with E-state index in [9.17, 15) is 5.11 Å². The quantitative estimate of drug-likeness (QED) is 0.893. The van der Waals surface area contributed by atoms with Crippen LogP contribution in [0.5, 0.6) is 5.75 Å². The first kappa shape index (κ1) is 13.8. The van der Waals surface area contributed by atoms with Crippen molar-refractivity contribution in [2.45, 2.75) is 50.7 Å². The summed E-state index contributed by atoms with van der Waals surface area (Å²) in [6, 6.07) is 15.1. The maximum absolute atomic E-state index is 10.7. The van der Waals surface area contributed by atoms with E-state index >= 15 is 0 Å². The molecule has 2 aromatic carbocycles. The van der Waals surface area contributed by atoms with Gasteiger partial charge in [-0.2, -0.15) is 0 Å². The Bertz CT molecular complexity index is 689. The summed E-state index contributed by atoms with van der Waals surface area (Å²) >= 11 is 0. The van der Waals surface area contributed by atoms with E-state index in [1.165, 1.54) is 22.3 Å². The highest BCUT2D eigenvalue weighted by Crippen LogP contribution is 2.49. The predicted molar refractivity (Wildman–Crippen MR) is 87.2 cm³/mol. The van der Waals surface area contributed by atoms with Gasteiger partial charge in [0.2, 0.25) is 5.79 Å². The molecular formula is C20H22O2. The Morgan fingerprint density at radius 3 is 2.82 bits per heavy atom. The zero-order valence-electron chi connectivity index (χ0n) is 13.0. The van der Waals surface area contributed by atoms with Crippen LogP contribution in [-0.2, 0) is 6.42 Å². The summed E-state index contributed by atoms with van der Waals surface area (Å²) in [5, 5.41) is 10.7. The average molecular weight is 294 g/mol. The molecule has 1 aliphatic carbocycles. The number of aliphatic hydroxyl groups is 1. The van der Waals surface area contributed by atoms with Crippen LogP contribution < -0.4 is 4.74 Å². The van der Waals surface area contributed by atoms with Gasteiger partial charge in [0.15, 0.2) is 0 Å². The topological polar surface area (TPSA) is 29.5 Å². The van der Waals surface area contributed by atoms with Crippen LogP contribution in [0.3, 0.4) is 0 Å². The summed E-state index contributed by atoms with van der Waals surface area (Å²) in [4.78, 5) is 0. The van der Waals surface area contributed by atoms with Crippen molar-refractivity contribution in [3.8, 4) is 5.75 Å². The zero-order chi connectivity index (χ0) is 15.2. The molecule has 2 aromatic rings. The van der Waals surface area contributed by atoms with Crippen molar-refractivity contribution >= 4 is 0 Å². The van der Waals surface area contributed by atoms with Gasteiger partial charge in [-0.05, 0) is 42.4 Å². The smallest absolute Gasteiger partial charge is 0.208 e. The summed E-state index contributed by atoms with van der Waals surface area (Å²) in [6.07, 6.45) is 4.55. The first-order chi connectivity index (χ1) is 10.6. The van der Waals surface area contributed by atoms with Gasteiger partial charge in [0.25, 0.3) is 0 Å². The normalized spacial score (nSPS) is 26.2. The van der Waals surface area contributed by atoms with Gasteiger partial charge < -0.3 is 9.84 Å². The largest absolute Gasteiger partial charge is 0.462 e. The number of rotatable bonds is 2. The lowest BCUT2D eigenvalue weighted by molar-refractivity contribution is -0.172. The molecule has 2 bridgehead atoms. The van der Waals surface area contributed by atoms with Crippen molar-refractivity contribution in [3.05, 3.63) is 64.7 Å². The molecule has 114 valence electrons. The van der Waals surface area contributed by atoms with Crippen LogP contribution >= 0.6 is 0 Å². The summed E-state index contributed by atoms with van der Waals surface area (Å²) in [7, 11) is 0. The van der Waals surface area contributed by atoms with Crippen LogP contribution in [0, 0.1) is 6.92 Å². The van der Waals surface area contributed by atoms with Crippen molar-refractivity contribution in [3.63, 3.8) is 0 Å². The molecule has 1 saturated carbocycles. The van der Waals surface area contributed by atoms with Crippen LogP contribution in [0.1, 0.15) is 53.9 Å². The number of hydrogen-bond acceptors (Lipinski definition) is 2. The van der Waals surface area contributed by atoms with E-state index in [2.05, 4.69) is 49.4 Å². The van der Waals surface area contributed by atoms with E-state index in [-0.39, 0.29) is 0 Å². The molecule has 1 heterocycles. The lowest BCUT2D eigenvalue weighted by Crippen LogP contribution is -2.43. The maximum atomic E-state index is 10.7. The van der Waals surface area contributed by atoms with Gasteiger partial charge in [-0.3, -0.25) is 0 Å². The van der Waals surface area contributed by atoms with Gasteiger partial charge in [0.05, 0.1) is 0 Å². The molecule has 0 aromatic heterocycles. The molecule has 0 radical (unpaired) electrons. The minimum absolute atomic E-state index is 0.445. The second-order valence-corrected chi connectivity index (χ2v) is 6.84. The lowest BCUT2D eigenvalue weighted by Gasteiger charge is -2.43. The Labute approximate surface area is 131 Å². The fourth-order valence-corrected chi connectivity index (χ4v) is 3.88. The monoisotopic (exact) mass is 294 g/mol.